The van der Waals surface area contributed by atoms with Crippen LogP contribution in [-0.4, -0.2) is 47.1 Å². The van der Waals surface area contributed by atoms with Gasteiger partial charge >= 0.3 is 5.97 Å². The Morgan fingerprint density at radius 3 is 2.92 bits per heavy atom. The van der Waals surface area contributed by atoms with Crippen LogP contribution in [0.4, 0.5) is 0 Å². The highest BCUT2D eigenvalue weighted by Crippen LogP contribution is 2.24. The number of carbonyl (C=O) groups excluding carboxylic acids is 1. The number of aromatic nitrogens is 7. The number of esters is 1. The van der Waals surface area contributed by atoms with Crippen LogP contribution in [0.5, 0.6) is 0 Å². The smallest absolute Gasteiger partial charge is 0.326 e. The van der Waals surface area contributed by atoms with E-state index in [9.17, 15) is 4.79 Å². The lowest BCUT2D eigenvalue weighted by atomic mass is 10.3. The van der Waals surface area contributed by atoms with Gasteiger partial charge in [-0.15, -0.1) is 5.10 Å². The Morgan fingerprint density at radius 1 is 1.27 bits per heavy atom. The van der Waals surface area contributed by atoms with Gasteiger partial charge in [0.05, 0.1) is 18.5 Å². The van der Waals surface area contributed by atoms with E-state index >= 15 is 0 Å². The number of rotatable bonds is 4. The third kappa shape index (κ3) is 2.85. The van der Waals surface area contributed by atoms with E-state index in [0.29, 0.717) is 33.0 Å². The van der Waals surface area contributed by atoms with Gasteiger partial charge in [0.15, 0.2) is 17.0 Å². The van der Waals surface area contributed by atoms with Crippen LogP contribution in [0.15, 0.2) is 24.5 Å². The van der Waals surface area contributed by atoms with Crippen LogP contribution in [0.2, 0.25) is 10.3 Å². The van der Waals surface area contributed by atoms with Crippen molar-refractivity contribution in [3.8, 4) is 5.82 Å². The molecule has 0 aliphatic heterocycles. The molecule has 3 heterocycles. The number of benzene rings is 1. The van der Waals surface area contributed by atoms with Gasteiger partial charge in [-0.1, -0.05) is 16.8 Å². The van der Waals surface area contributed by atoms with Crippen LogP contribution in [0, 0.1) is 0 Å². The lowest BCUT2D eigenvalue weighted by Crippen LogP contribution is -2.13. The van der Waals surface area contributed by atoms with Crippen molar-refractivity contribution in [1.29, 1.82) is 0 Å². The number of carbonyl (C=O) groups is 1. The molecule has 0 atom stereocenters. The minimum Gasteiger partial charge on any atom is -0.465 e. The molecule has 0 unspecified atom stereocenters. The second-order valence-electron chi connectivity index (χ2n) is 5.30. The molecule has 4 aromatic rings. The first-order chi connectivity index (χ1) is 12.6. The molecule has 0 aliphatic rings. The average Bonchev–Trinajstić information content (AvgIpc) is 3.18. The lowest BCUT2D eigenvalue weighted by molar-refractivity contribution is -0.143. The molecule has 0 saturated carbocycles. The zero-order chi connectivity index (χ0) is 18.3. The zero-order valence-corrected chi connectivity index (χ0v) is 14.9. The molecule has 0 bridgehead atoms. The molecule has 0 N–H and O–H groups in total. The Morgan fingerprint density at radius 2 is 2.12 bits per heavy atom. The van der Waals surface area contributed by atoms with Crippen molar-refractivity contribution in [2.45, 2.75) is 13.5 Å². The van der Waals surface area contributed by atoms with Crippen LogP contribution >= 0.6 is 23.2 Å². The van der Waals surface area contributed by atoms with Gasteiger partial charge in [0, 0.05) is 5.02 Å². The summed E-state index contributed by atoms with van der Waals surface area (Å²) in [4.78, 5) is 24.5. The van der Waals surface area contributed by atoms with Crippen molar-refractivity contribution in [3.63, 3.8) is 0 Å². The number of halogens is 2. The Kier molecular flexibility index (Phi) is 4.17. The van der Waals surface area contributed by atoms with E-state index in [0.717, 1.165) is 0 Å². The Bertz CT molecular complexity index is 1140. The lowest BCUT2D eigenvalue weighted by Gasteiger charge is -2.06. The summed E-state index contributed by atoms with van der Waals surface area (Å²) in [5.41, 5.74) is 2.10. The molecule has 11 heteroatoms. The van der Waals surface area contributed by atoms with E-state index in [1.165, 1.54) is 15.6 Å². The number of hydrogen-bond donors (Lipinski definition) is 0. The van der Waals surface area contributed by atoms with Gasteiger partial charge in [0.2, 0.25) is 5.28 Å². The molecule has 0 amide bonds. The van der Waals surface area contributed by atoms with E-state index in [1.807, 2.05) is 0 Å². The zero-order valence-electron chi connectivity index (χ0n) is 13.4. The largest absolute Gasteiger partial charge is 0.465 e. The predicted octanol–water partition coefficient (Wildman–Crippen LogP) is 2.43. The SMILES string of the molecule is CCOC(=O)Cn1cnc2c(-n3nnc4ccc(Cl)cc43)nc(Cl)nc21. The normalized spacial score (nSPS) is 11.3. The van der Waals surface area contributed by atoms with Crippen molar-refractivity contribution in [2.24, 2.45) is 0 Å². The first kappa shape index (κ1) is 16.7. The second-order valence-corrected chi connectivity index (χ2v) is 6.07. The third-order valence-corrected chi connectivity index (χ3v) is 4.04. The molecule has 9 nitrogen and oxygen atoms in total. The summed E-state index contributed by atoms with van der Waals surface area (Å²) >= 11 is 12.2. The second kappa shape index (κ2) is 6.50. The molecule has 0 aliphatic carbocycles. The van der Waals surface area contributed by atoms with Gasteiger partial charge in [-0.2, -0.15) is 14.6 Å². The van der Waals surface area contributed by atoms with Gasteiger partial charge in [-0.3, -0.25) is 4.79 Å². The van der Waals surface area contributed by atoms with Crippen LogP contribution in [-0.2, 0) is 16.1 Å². The van der Waals surface area contributed by atoms with Gasteiger partial charge in [-0.25, -0.2) is 4.98 Å². The van der Waals surface area contributed by atoms with E-state index in [2.05, 4.69) is 25.3 Å². The fourth-order valence-electron chi connectivity index (χ4n) is 2.56. The van der Waals surface area contributed by atoms with Gasteiger partial charge in [-0.05, 0) is 36.7 Å². The highest BCUT2D eigenvalue weighted by atomic mass is 35.5. The molecule has 26 heavy (non-hydrogen) atoms. The quantitative estimate of drug-likeness (QED) is 0.388. The number of nitrogens with zero attached hydrogens (tertiary/aromatic N) is 7. The van der Waals surface area contributed by atoms with Gasteiger partial charge in [0.25, 0.3) is 0 Å². The van der Waals surface area contributed by atoms with E-state index in [1.54, 1.807) is 25.1 Å². The molecule has 0 saturated heterocycles. The minimum atomic E-state index is -0.402. The first-order valence-corrected chi connectivity index (χ1v) is 8.37. The Hall–Kier alpha value is -2.78. The molecular weight excluding hydrogens is 381 g/mol. The minimum absolute atomic E-state index is 0.0104. The predicted molar refractivity (Wildman–Crippen MR) is 94.4 cm³/mol. The van der Waals surface area contributed by atoms with Crippen LogP contribution < -0.4 is 0 Å². The van der Waals surface area contributed by atoms with Crippen molar-refractivity contribution in [1.82, 2.24) is 34.5 Å². The summed E-state index contributed by atoms with van der Waals surface area (Å²) in [6.45, 7) is 1.99. The van der Waals surface area contributed by atoms with Crippen LogP contribution in [0.25, 0.3) is 28.0 Å². The first-order valence-electron chi connectivity index (χ1n) is 7.62. The number of fused-ring (bicyclic) bond motifs is 2. The van der Waals surface area contributed by atoms with Gasteiger partial charge < -0.3 is 9.30 Å². The van der Waals surface area contributed by atoms with Crippen molar-refractivity contribution < 1.29 is 9.53 Å². The van der Waals surface area contributed by atoms with Gasteiger partial charge in [0.1, 0.15) is 12.1 Å². The molecule has 1 aromatic carbocycles. The summed E-state index contributed by atoms with van der Waals surface area (Å²) in [6, 6.07) is 5.19. The highest BCUT2D eigenvalue weighted by molar-refractivity contribution is 6.31. The Balaban J connectivity index is 1.89. The molecule has 4 rings (SSSR count). The van der Waals surface area contributed by atoms with Crippen molar-refractivity contribution in [3.05, 3.63) is 34.8 Å². The fourth-order valence-corrected chi connectivity index (χ4v) is 2.89. The summed E-state index contributed by atoms with van der Waals surface area (Å²) in [5.74, 6) is -0.0616. The molecule has 0 spiro atoms. The van der Waals surface area contributed by atoms with E-state index < -0.39 is 5.97 Å². The maximum atomic E-state index is 11.8. The summed E-state index contributed by atoms with van der Waals surface area (Å²) < 4.78 is 7.98. The molecule has 132 valence electrons. The monoisotopic (exact) mass is 391 g/mol. The summed E-state index contributed by atoms with van der Waals surface area (Å²) in [5, 5.41) is 8.73. The molecular formula is C15H11Cl2N7O2. The van der Waals surface area contributed by atoms with E-state index in [-0.39, 0.29) is 18.4 Å². The highest BCUT2D eigenvalue weighted by Gasteiger charge is 2.18. The molecule has 3 aromatic heterocycles. The van der Waals surface area contributed by atoms with Crippen molar-refractivity contribution >= 4 is 51.4 Å². The third-order valence-electron chi connectivity index (χ3n) is 3.63. The fraction of sp³-hybridized carbons (Fsp3) is 0.200. The summed E-state index contributed by atoms with van der Waals surface area (Å²) in [6.07, 6.45) is 1.47. The average molecular weight is 392 g/mol. The van der Waals surface area contributed by atoms with Crippen LogP contribution in [0.3, 0.4) is 0 Å². The number of imidazole rings is 1. The molecule has 0 fully saturated rings. The standard InChI is InChI=1S/C15H11Cl2N7O2/c1-2-26-11(25)6-23-7-18-12-13(23)19-15(17)20-14(12)24-10-5-8(16)3-4-9(10)21-22-24/h3-5,7H,2,6H2,1H3. The van der Waals surface area contributed by atoms with E-state index in [4.69, 9.17) is 27.9 Å². The summed E-state index contributed by atoms with van der Waals surface area (Å²) in [7, 11) is 0. The maximum absolute atomic E-state index is 11.8. The van der Waals surface area contributed by atoms with Crippen LogP contribution in [0.1, 0.15) is 6.92 Å². The number of ether oxygens (including phenoxy) is 1. The Labute approximate surface area is 156 Å². The topological polar surface area (TPSA) is 101 Å². The molecule has 0 radical (unpaired) electrons. The van der Waals surface area contributed by atoms with Crippen molar-refractivity contribution in [2.75, 3.05) is 6.61 Å². The number of hydrogen-bond acceptors (Lipinski definition) is 7. The maximum Gasteiger partial charge on any atom is 0.326 e.